The molecule has 0 bridgehead atoms. The Labute approximate surface area is 132 Å². The Kier molecular flexibility index (Phi) is 3.61. The summed E-state index contributed by atoms with van der Waals surface area (Å²) >= 11 is 1.50. The highest BCUT2D eigenvalue weighted by atomic mass is 32.1. The number of aryl methyl sites for hydroxylation is 1. The number of aromatic nitrogens is 2. The molecule has 0 unspecified atom stereocenters. The van der Waals surface area contributed by atoms with Crippen molar-refractivity contribution in [1.82, 2.24) is 9.55 Å². The van der Waals surface area contributed by atoms with Crippen LogP contribution in [0.4, 0.5) is 0 Å². The van der Waals surface area contributed by atoms with Gasteiger partial charge in [0.05, 0.1) is 16.1 Å². The van der Waals surface area contributed by atoms with E-state index >= 15 is 0 Å². The molecular weight excluding hydrogens is 294 g/mol. The largest absolute Gasteiger partial charge is 0.308 e. The highest BCUT2D eigenvalue weighted by Gasteiger charge is 2.17. The number of carbonyl (C=O) groups is 1. The maximum atomic E-state index is 11.1. The number of pyridine rings is 1. The normalized spacial score (nSPS) is 10.4. The van der Waals surface area contributed by atoms with Gasteiger partial charge in [-0.2, -0.15) is 5.26 Å². The molecule has 0 aliphatic carbocycles. The third-order valence-corrected chi connectivity index (χ3v) is 4.69. The summed E-state index contributed by atoms with van der Waals surface area (Å²) in [6.45, 7) is 3.82. The van der Waals surface area contributed by atoms with Gasteiger partial charge < -0.3 is 4.57 Å². The minimum absolute atomic E-state index is 0.588. The van der Waals surface area contributed by atoms with E-state index in [9.17, 15) is 10.1 Å². The van der Waals surface area contributed by atoms with E-state index in [2.05, 4.69) is 11.1 Å². The molecule has 0 atom stereocenters. The maximum Gasteiger partial charge on any atom is 0.151 e. The summed E-state index contributed by atoms with van der Waals surface area (Å²) in [4.78, 5) is 16.4. The average Bonchev–Trinajstić information content (AvgIpc) is 3.08. The SMILES string of the molecule is Cc1cc(C=O)c(C)n1-c1sc(-c2ccccn2)cc1C#N. The van der Waals surface area contributed by atoms with Gasteiger partial charge in [0, 0.05) is 23.1 Å². The second-order valence-electron chi connectivity index (χ2n) is 4.94. The number of thiophene rings is 1. The molecule has 0 amide bonds. The molecule has 0 saturated carbocycles. The van der Waals surface area contributed by atoms with E-state index in [0.717, 1.165) is 33.2 Å². The van der Waals surface area contributed by atoms with Crippen molar-refractivity contribution in [3.63, 3.8) is 0 Å². The van der Waals surface area contributed by atoms with Gasteiger partial charge in [-0.05, 0) is 38.1 Å². The number of aldehydes is 1. The van der Waals surface area contributed by atoms with Crippen LogP contribution < -0.4 is 0 Å². The van der Waals surface area contributed by atoms with Gasteiger partial charge >= 0.3 is 0 Å². The van der Waals surface area contributed by atoms with Crippen molar-refractivity contribution < 1.29 is 4.79 Å². The molecule has 0 saturated heterocycles. The molecule has 22 heavy (non-hydrogen) atoms. The Hall–Kier alpha value is -2.71. The molecule has 0 aliphatic heterocycles. The summed E-state index contributed by atoms with van der Waals surface area (Å²) < 4.78 is 1.96. The predicted octanol–water partition coefficient (Wildman–Crippen LogP) is 3.90. The van der Waals surface area contributed by atoms with Crippen molar-refractivity contribution in [2.24, 2.45) is 0 Å². The molecule has 5 heteroatoms. The monoisotopic (exact) mass is 307 g/mol. The van der Waals surface area contributed by atoms with Gasteiger partial charge in [0.2, 0.25) is 0 Å². The van der Waals surface area contributed by atoms with Crippen LogP contribution in [0.25, 0.3) is 15.6 Å². The second-order valence-corrected chi connectivity index (χ2v) is 5.97. The third-order valence-electron chi connectivity index (χ3n) is 3.55. The standard InChI is InChI=1S/C17H13N3OS/c1-11-7-14(10-21)12(2)20(11)17-13(9-18)8-16(22-17)15-5-3-4-6-19-15/h3-8,10H,1-2H3. The molecule has 108 valence electrons. The topological polar surface area (TPSA) is 58.7 Å². The van der Waals surface area contributed by atoms with Gasteiger partial charge in [-0.3, -0.25) is 9.78 Å². The molecule has 0 fully saturated rings. The fourth-order valence-corrected chi connectivity index (χ4v) is 3.68. The van der Waals surface area contributed by atoms with E-state index in [1.165, 1.54) is 11.3 Å². The molecule has 0 radical (unpaired) electrons. The molecule has 0 aromatic carbocycles. The Bertz CT molecular complexity index is 885. The number of nitriles is 1. The second kappa shape index (κ2) is 5.58. The zero-order valence-corrected chi connectivity index (χ0v) is 13.0. The van der Waals surface area contributed by atoms with Crippen molar-refractivity contribution in [2.75, 3.05) is 0 Å². The number of rotatable bonds is 3. The minimum Gasteiger partial charge on any atom is -0.308 e. The molecule has 0 spiro atoms. The fraction of sp³-hybridized carbons (Fsp3) is 0.118. The van der Waals surface area contributed by atoms with Crippen LogP contribution in [0.5, 0.6) is 0 Å². The van der Waals surface area contributed by atoms with Crippen LogP contribution in [0.15, 0.2) is 36.5 Å². The van der Waals surface area contributed by atoms with Crippen LogP contribution in [-0.4, -0.2) is 15.8 Å². The first kappa shape index (κ1) is 14.2. The summed E-state index contributed by atoms with van der Waals surface area (Å²) in [5.74, 6) is 0. The van der Waals surface area contributed by atoms with Crippen LogP contribution in [0.2, 0.25) is 0 Å². The van der Waals surface area contributed by atoms with E-state index in [1.807, 2.05) is 48.7 Å². The molecule has 0 N–H and O–H groups in total. The van der Waals surface area contributed by atoms with Crippen LogP contribution in [0.1, 0.15) is 27.3 Å². The predicted molar refractivity (Wildman–Crippen MR) is 86.5 cm³/mol. The van der Waals surface area contributed by atoms with Crippen molar-refractivity contribution in [1.29, 1.82) is 5.26 Å². The van der Waals surface area contributed by atoms with Gasteiger partial charge in [0.1, 0.15) is 11.1 Å². The number of hydrogen-bond donors (Lipinski definition) is 0. The number of carbonyl (C=O) groups excluding carboxylic acids is 1. The lowest BCUT2D eigenvalue weighted by molar-refractivity contribution is 0.112. The zero-order valence-electron chi connectivity index (χ0n) is 12.2. The summed E-state index contributed by atoms with van der Waals surface area (Å²) in [6.07, 6.45) is 2.58. The van der Waals surface area contributed by atoms with E-state index in [-0.39, 0.29) is 0 Å². The molecule has 4 nitrogen and oxygen atoms in total. The summed E-state index contributed by atoms with van der Waals surface area (Å²) in [7, 11) is 0. The Balaban J connectivity index is 2.21. The zero-order chi connectivity index (χ0) is 15.7. The van der Waals surface area contributed by atoms with E-state index < -0.39 is 0 Å². The summed E-state index contributed by atoms with van der Waals surface area (Å²) in [6, 6.07) is 11.6. The molecule has 3 aromatic rings. The lowest BCUT2D eigenvalue weighted by Crippen LogP contribution is -1.98. The van der Waals surface area contributed by atoms with E-state index in [4.69, 9.17) is 0 Å². The van der Waals surface area contributed by atoms with E-state index in [1.54, 1.807) is 6.20 Å². The third kappa shape index (κ3) is 2.24. The number of hydrogen-bond acceptors (Lipinski definition) is 4. The van der Waals surface area contributed by atoms with Crippen molar-refractivity contribution in [2.45, 2.75) is 13.8 Å². The van der Waals surface area contributed by atoms with Crippen molar-refractivity contribution >= 4 is 17.6 Å². The van der Waals surface area contributed by atoms with Gasteiger partial charge in [-0.25, -0.2) is 0 Å². The van der Waals surface area contributed by atoms with Gasteiger partial charge in [0.15, 0.2) is 6.29 Å². The smallest absolute Gasteiger partial charge is 0.151 e. The highest BCUT2D eigenvalue weighted by Crippen LogP contribution is 2.35. The molecular formula is C17H13N3OS. The summed E-state index contributed by atoms with van der Waals surface area (Å²) in [5, 5.41) is 10.3. The fourth-order valence-electron chi connectivity index (χ4n) is 2.48. The first-order valence-corrected chi connectivity index (χ1v) is 7.57. The van der Waals surface area contributed by atoms with Gasteiger partial charge in [0.25, 0.3) is 0 Å². The first-order valence-electron chi connectivity index (χ1n) is 6.75. The highest BCUT2D eigenvalue weighted by molar-refractivity contribution is 7.18. The lowest BCUT2D eigenvalue weighted by Gasteiger charge is -2.07. The van der Waals surface area contributed by atoms with Crippen LogP contribution in [-0.2, 0) is 0 Å². The van der Waals surface area contributed by atoms with Crippen LogP contribution in [0, 0.1) is 25.2 Å². The van der Waals surface area contributed by atoms with Gasteiger partial charge in [-0.1, -0.05) is 6.07 Å². The Morgan fingerprint density at radius 3 is 2.73 bits per heavy atom. The van der Waals surface area contributed by atoms with Gasteiger partial charge in [-0.15, -0.1) is 11.3 Å². The number of nitrogens with zero attached hydrogens (tertiary/aromatic N) is 3. The quantitative estimate of drug-likeness (QED) is 0.689. The Morgan fingerprint density at radius 1 is 1.32 bits per heavy atom. The summed E-state index contributed by atoms with van der Waals surface area (Å²) in [5.41, 5.74) is 3.86. The Morgan fingerprint density at radius 2 is 2.14 bits per heavy atom. The average molecular weight is 307 g/mol. The first-order chi connectivity index (χ1) is 10.7. The molecule has 3 aromatic heterocycles. The maximum absolute atomic E-state index is 11.1. The van der Waals surface area contributed by atoms with Crippen molar-refractivity contribution in [3.05, 3.63) is 59.0 Å². The lowest BCUT2D eigenvalue weighted by atomic mass is 10.2. The molecule has 3 heterocycles. The van der Waals surface area contributed by atoms with E-state index in [0.29, 0.717) is 11.1 Å². The molecule has 3 rings (SSSR count). The van der Waals surface area contributed by atoms with Crippen molar-refractivity contribution in [3.8, 4) is 21.6 Å². The van der Waals surface area contributed by atoms with Crippen LogP contribution >= 0.6 is 11.3 Å². The minimum atomic E-state index is 0.588. The van der Waals surface area contributed by atoms with Crippen LogP contribution in [0.3, 0.4) is 0 Å². The molecule has 0 aliphatic rings.